The van der Waals surface area contributed by atoms with Crippen LogP contribution in [0.1, 0.15) is 65.7 Å². The van der Waals surface area contributed by atoms with Crippen molar-refractivity contribution in [1.82, 2.24) is 0 Å². The molecule has 0 amide bonds. The lowest BCUT2D eigenvalue weighted by atomic mass is 9.78. The van der Waals surface area contributed by atoms with Gasteiger partial charge in [0, 0.05) is 11.5 Å². The van der Waals surface area contributed by atoms with Crippen molar-refractivity contribution in [2.24, 2.45) is 17.8 Å². The third-order valence-corrected chi connectivity index (χ3v) is 7.18. The third kappa shape index (κ3) is 3.06. The Balaban J connectivity index is 1.63. The lowest BCUT2D eigenvalue weighted by Crippen LogP contribution is -2.53. The summed E-state index contributed by atoms with van der Waals surface area (Å²) in [6, 6.07) is 0. The second-order valence-electron chi connectivity index (χ2n) is 9.16. The molecule has 0 aromatic carbocycles. The summed E-state index contributed by atoms with van der Waals surface area (Å²) in [4.78, 5) is 12.1. The molecule has 0 spiro atoms. The van der Waals surface area contributed by atoms with E-state index in [0.29, 0.717) is 23.5 Å². The van der Waals surface area contributed by atoms with Gasteiger partial charge in [0.25, 0.3) is 0 Å². The number of carbonyl (C=O) groups is 1. The van der Waals surface area contributed by atoms with Crippen LogP contribution in [-0.2, 0) is 19.0 Å². The van der Waals surface area contributed by atoms with Gasteiger partial charge in [0.05, 0.1) is 23.9 Å². The fraction of sp³-hybridized carbons (Fsp3) is 0.857. The quantitative estimate of drug-likeness (QED) is 0.490. The van der Waals surface area contributed by atoms with Gasteiger partial charge in [-0.15, -0.1) is 0 Å². The predicted molar refractivity (Wildman–Crippen MR) is 95.1 cm³/mol. The highest BCUT2D eigenvalue weighted by Gasteiger charge is 2.55. The second-order valence-corrected chi connectivity index (χ2v) is 9.16. The average molecular weight is 348 g/mol. The molecule has 4 heteroatoms. The lowest BCUT2D eigenvalue weighted by molar-refractivity contribution is -0.211. The molecular formula is C21H32O4. The van der Waals surface area contributed by atoms with Crippen molar-refractivity contribution >= 4 is 5.97 Å². The van der Waals surface area contributed by atoms with Crippen LogP contribution >= 0.6 is 0 Å². The number of carbonyl (C=O) groups excluding carboxylic acids is 1. The summed E-state index contributed by atoms with van der Waals surface area (Å²) in [5, 5.41) is 0. The van der Waals surface area contributed by atoms with Crippen LogP contribution in [0, 0.1) is 17.8 Å². The molecule has 4 bridgehead atoms. The maximum atomic E-state index is 12.1. The normalized spacial score (nSPS) is 50.6. The summed E-state index contributed by atoms with van der Waals surface area (Å²) in [6.07, 6.45) is 7.73. The molecule has 0 radical (unpaired) electrons. The van der Waals surface area contributed by atoms with E-state index in [-0.39, 0.29) is 35.8 Å². The lowest BCUT2D eigenvalue weighted by Gasteiger charge is -2.45. The molecule has 4 aliphatic rings. The summed E-state index contributed by atoms with van der Waals surface area (Å²) < 4.78 is 18.8. The van der Waals surface area contributed by atoms with Gasteiger partial charge in [-0.05, 0) is 50.9 Å². The predicted octanol–water partition coefficient (Wildman–Crippen LogP) is 4.03. The molecule has 0 aromatic rings. The number of fused-ring (bicyclic) bond motifs is 7. The van der Waals surface area contributed by atoms with Crippen molar-refractivity contribution in [3.63, 3.8) is 0 Å². The van der Waals surface area contributed by atoms with Crippen molar-refractivity contribution in [3.05, 3.63) is 12.2 Å². The monoisotopic (exact) mass is 348 g/mol. The summed E-state index contributed by atoms with van der Waals surface area (Å²) in [6.45, 7) is 10.9. The van der Waals surface area contributed by atoms with E-state index in [0.717, 1.165) is 25.7 Å². The van der Waals surface area contributed by atoms with Gasteiger partial charge in [-0.3, -0.25) is 0 Å². The van der Waals surface area contributed by atoms with E-state index in [2.05, 4.69) is 27.4 Å². The first kappa shape index (κ1) is 17.5. The molecule has 4 aliphatic heterocycles. The number of esters is 1. The molecule has 4 heterocycles. The first-order valence-electron chi connectivity index (χ1n) is 10.1. The van der Waals surface area contributed by atoms with Crippen LogP contribution in [0.4, 0.5) is 0 Å². The Labute approximate surface area is 151 Å². The number of hydrogen-bond donors (Lipinski definition) is 0. The molecule has 4 rings (SSSR count). The summed E-state index contributed by atoms with van der Waals surface area (Å²) in [5.74, 6) is 1.04. The number of hydrogen-bond acceptors (Lipinski definition) is 4. The molecular weight excluding hydrogens is 316 g/mol. The summed E-state index contributed by atoms with van der Waals surface area (Å²) >= 11 is 0. The SMILES string of the molecule is C=C1C(=O)O[C@H]2C3CC(C)CCC[C@@H](C)C4CC[C@@](C)(O4)C(C[C@@H]12)O3. The van der Waals surface area contributed by atoms with E-state index in [4.69, 9.17) is 14.2 Å². The van der Waals surface area contributed by atoms with Gasteiger partial charge in [0.1, 0.15) is 6.10 Å². The van der Waals surface area contributed by atoms with Crippen molar-refractivity contribution in [2.75, 3.05) is 0 Å². The topological polar surface area (TPSA) is 44.8 Å². The van der Waals surface area contributed by atoms with Crippen LogP contribution in [-0.4, -0.2) is 36.0 Å². The zero-order chi connectivity index (χ0) is 17.8. The summed E-state index contributed by atoms with van der Waals surface area (Å²) in [5.41, 5.74) is 0.380. The molecule has 4 fully saturated rings. The number of ether oxygens (including phenoxy) is 3. The van der Waals surface area contributed by atoms with Gasteiger partial charge >= 0.3 is 5.97 Å². The van der Waals surface area contributed by atoms with Crippen LogP contribution < -0.4 is 0 Å². The Morgan fingerprint density at radius 1 is 1.12 bits per heavy atom. The Kier molecular flexibility index (Phi) is 4.48. The van der Waals surface area contributed by atoms with E-state index in [1.54, 1.807) is 0 Å². The molecule has 0 aliphatic carbocycles. The molecule has 0 N–H and O–H groups in total. The number of rotatable bonds is 0. The van der Waals surface area contributed by atoms with Crippen LogP contribution in [0.2, 0.25) is 0 Å². The van der Waals surface area contributed by atoms with E-state index >= 15 is 0 Å². The second kappa shape index (κ2) is 6.38. The molecule has 4 saturated heterocycles. The molecule has 0 aromatic heterocycles. The van der Waals surface area contributed by atoms with E-state index in [1.165, 1.54) is 19.3 Å². The van der Waals surface area contributed by atoms with Crippen molar-refractivity contribution in [2.45, 2.75) is 95.7 Å². The maximum absolute atomic E-state index is 12.1. The zero-order valence-corrected chi connectivity index (χ0v) is 15.8. The van der Waals surface area contributed by atoms with E-state index < -0.39 is 0 Å². The fourth-order valence-corrected chi connectivity index (χ4v) is 5.42. The highest BCUT2D eigenvalue weighted by atomic mass is 16.6. The molecule has 8 atom stereocenters. The van der Waals surface area contributed by atoms with Gasteiger partial charge < -0.3 is 14.2 Å². The Morgan fingerprint density at radius 2 is 1.92 bits per heavy atom. The largest absolute Gasteiger partial charge is 0.456 e. The van der Waals surface area contributed by atoms with Crippen LogP contribution in [0.15, 0.2) is 12.2 Å². The first-order chi connectivity index (χ1) is 11.9. The minimum atomic E-state index is -0.253. The summed E-state index contributed by atoms with van der Waals surface area (Å²) in [7, 11) is 0. The van der Waals surface area contributed by atoms with E-state index in [1.807, 2.05) is 0 Å². The van der Waals surface area contributed by atoms with Gasteiger partial charge in [-0.25, -0.2) is 4.79 Å². The zero-order valence-electron chi connectivity index (χ0n) is 15.8. The standard InChI is InChI=1S/C21H32O4/c1-12-6-5-7-13(2)16-8-9-21(4,25-16)18-11-15-14(3)20(22)24-19(15)17(10-12)23-18/h12-13,15-19H,3,5-11H2,1-2,4H3/t12?,13-,15+,16?,17?,18?,19-,21-/m1/s1. The van der Waals surface area contributed by atoms with Crippen molar-refractivity contribution in [1.29, 1.82) is 0 Å². The van der Waals surface area contributed by atoms with Crippen molar-refractivity contribution < 1.29 is 19.0 Å². The van der Waals surface area contributed by atoms with Gasteiger partial charge in [-0.2, -0.15) is 0 Å². The smallest absolute Gasteiger partial charge is 0.334 e. The Morgan fingerprint density at radius 3 is 2.72 bits per heavy atom. The Bertz CT molecular complexity index is 558. The highest BCUT2D eigenvalue weighted by Crippen LogP contribution is 2.47. The minimum absolute atomic E-state index is 0.0221. The van der Waals surface area contributed by atoms with Crippen molar-refractivity contribution in [3.8, 4) is 0 Å². The van der Waals surface area contributed by atoms with Crippen LogP contribution in [0.3, 0.4) is 0 Å². The van der Waals surface area contributed by atoms with Gasteiger partial charge in [0.15, 0.2) is 0 Å². The van der Waals surface area contributed by atoms with Crippen LogP contribution in [0.5, 0.6) is 0 Å². The highest BCUT2D eigenvalue weighted by molar-refractivity contribution is 5.90. The van der Waals surface area contributed by atoms with Gasteiger partial charge in [-0.1, -0.05) is 33.3 Å². The third-order valence-electron chi connectivity index (χ3n) is 7.18. The minimum Gasteiger partial charge on any atom is -0.456 e. The molecule has 4 nitrogen and oxygen atoms in total. The molecule has 0 saturated carbocycles. The molecule has 25 heavy (non-hydrogen) atoms. The molecule has 140 valence electrons. The van der Waals surface area contributed by atoms with Gasteiger partial charge in [0.2, 0.25) is 0 Å². The maximum Gasteiger partial charge on any atom is 0.334 e. The Hall–Kier alpha value is -0.870. The average Bonchev–Trinajstić information content (AvgIpc) is 3.10. The first-order valence-corrected chi connectivity index (χ1v) is 10.1. The molecule has 4 unspecified atom stereocenters. The fourth-order valence-electron chi connectivity index (χ4n) is 5.42. The van der Waals surface area contributed by atoms with E-state index in [9.17, 15) is 4.79 Å². The van der Waals surface area contributed by atoms with Crippen LogP contribution in [0.25, 0.3) is 0 Å².